The largest absolute Gasteiger partial charge is 0.309 e. The van der Waals surface area contributed by atoms with Gasteiger partial charge in [0.05, 0.1) is 44.1 Å². The molecule has 10 heteroatoms. The Morgan fingerprint density at radius 1 is 0.119 bits per heavy atom. The van der Waals surface area contributed by atoms with Crippen molar-refractivity contribution in [1.29, 1.82) is 0 Å². The molecule has 0 amide bonds. The van der Waals surface area contributed by atoms with E-state index >= 15 is 0 Å². The van der Waals surface area contributed by atoms with Crippen LogP contribution in [0.15, 0.2) is 425 Å². The van der Waals surface area contributed by atoms with Gasteiger partial charge in [-0.15, -0.1) is 0 Å². The summed E-state index contributed by atoms with van der Waals surface area (Å²) in [6.45, 7) is 0. The number of hydrogen-bond donors (Lipinski definition) is 0. The summed E-state index contributed by atoms with van der Waals surface area (Å²) in [5, 5.41) is 9.82. The Bertz CT molecular complexity index is 7620. The van der Waals surface area contributed by atoms with Gasteiger partial charge in [0.1, 0.15) is 0 Å². The van der Waals surface area contributed by atoms with Crippen LogP contribution in [0.5, 0.6) is 0 Å². The predicted molar refractivity (Wildman–Crippen MR) is 486 cm³/mol. The Morgan fingerprint density at radius 2 is 0.288 bits per heavy atom. The first kappa shape index (κ1) is 68.7. The molecule has 6 heterocycles. The average molecular weight is 1510 g/mol. The van der Waals surface area contributed by atoms with Crippen LogP contribution in [0.1, 0.15) is 0 Å². The number of rotatable bonds is 13. The van der Waals surface area contributed by atoms with Gasteiger partial charge in [0.2, 0.25) is 0 Å². The summed E-state index contributed by atoms with van der Waals surface area (Å²) in [6, 6.07) is 150. The SMILES string of the molecule is c1ccc(-c2ccc(-n3c4ccccc4c4ccc(-c5ccc6c7ccccc7n(-c7ccc(-c8nc(-c9ccccc9)nc(-c9ccccc9)n8)cc7)c6c5)cc43)cc2)cc1.c1ccc(-c2nc(-c3ccccc3)nc(-c3ccc(-n4c5ccccc5c5ccc(-c6ccc7c8ccccc8n(-c8ccccc8)c7c6)cc54)cc3)n2)cc1. The smallest absolute Gasteiger partial charge is 0.164 e. The van der Waals surface area contributed by atoms with E-state index in [1.807, 2.05) is 121 Å². The second kappa shape index (κ2) is 29.2. The Kier molecular flexibility index (Phi) is 17.0. The minimum atomic E-state index is 0.633. The molecule has 0 saturated carbocycles. The second-order valence-electron chi connectivity index (χ2n) is 29.8. The fourth-order valence-corrected chi connectivity index (χ4v) is 17.1. The molecule has 23 aromatic rings. The average Bonchev–Trinajstić information content (AvgIpc) is 1.59. The van der Waals surface area contributed by atoms with Crippen LogP contribution in [-0.4, -0.2) is 48.2 Å². The first-order valence-electron chi connectivity index (χ1n) is 39.8. The van der Waals surface area contributed by atoms with Crippen LogP contribution in [0.4, 0.5) is 0 Å². The molecule has 552 valence electrons. The van der Waals surface area contributed by atoms with Gasteiger partial charge in [-0.25, -0.2) is 29.9 Å². The van der Waals surface area contributed by atoms with Crippen molar-refractivity contribution in [2.75, 3.05) is 0 Å². The van der Waals surface area contributed by atoms with Crippen LogP contribution in [0.25, 0.3) is 212 Å². The molecule has 0 spiro atoms. The lowest BCUT2D eigenvalue weighted by Gasteiger charge is -2.12. The number of fused-ring (bicyclic) bond motifs is 12. The zero-order valence-corrected chi connectivity index (χ0v) is 63.9. The van der Waals surface area contributed by atoms with Gasteiger partial charge >= 0.3 is 0 Å². The van der Waals surface area contributed by atoms with Crippen molar-refractivity contribution in [2.45, 2.75) is 0 Å². The van der Waals surface area contributed by atoms with Crippen LogP contribution in [0.3, 0.4) is 0 Å². The third-order valence-electron chi connectivity index (χ3n) is 22.8. The van der Waals surface area contributed by atoms with Crippen LogP contribution < -0.4 is 0 Å². The monoisotopic (exact) mass is 1510 g/mol. The molecule has 0 N–H and O–H groups in total. The first-order chi connectivity index (χ1) is 58.5. The highest BCUT2D eigenvalue weighted by atomic mass is 15.1. The molecule has 0 saturated heterocycles. The third-order valence-corrected chi connectivity index (χ3v) is 22.8. The molecule has 0 radical (unpaired) electrons. The van der Waals surface area contributed by atoms with Gasteiger partial charge < -0.3 is 18.3 Å². The molecule has 0 bridgehead atoms. The number of para-hydroxylation sites is 5. The van der Waals surface area contributed by atoms with Crippen molar-refractivity contribution in [2.24, 2.45) is 0 Å². The van der Waals surface area contributed by atoms with Gasteiger partial charge in [-0.2, -0.15) is 0 Å². The summed E-state index contributed by atoms with van der Waals surface area (Å²) < 4.78 is 9.52. The quantitative estimate of drug-likeness (QED) is 0.114. The molecular weight excluding hydrogens is 1440 g/mol. The van der Waals surface area contributed by atoms with E-state index in [1.165, 1.54) is 81.8 Å². The highest BCUT2D eigenvalue weighted by Gasteiger charge is 2.22. The van der Waals surface area contributed by atoms with Gasteiger partial charge in [0, 0.05) is 99.2 Å². The van der Waals surface area contributed by atoms with Crippen molar-refractivity contribution >= 4 is 87.2 Å². The lowest BCUT2D eigenvalue weighted by atomic mass is 10.0. The Hall–Kier alpha value is -16.0. The zero-order valence-electron chi connectivity index (χ0n) is 63.9. The summed E-state index contributed by atoms with van der Waals surface area (Å²) in [5.74, 6) is 3.86. The van der Waals surface area contributed by atoms with Gasteiger partial charge in [-0.05, 0) is 155 Å². The van der Waals surface area contributed by atoms with E-state index in [-0.39, 0.29) is 0 Å². The number of benzene rings is 17. The van der Waals surface area contributed by atoms with E-state index in [9.17, 15) is 0 Å². The van der Waals surface area contributed by atoms with Crippen molar-refractivity contribution in [3.63, 3.8) is 0 Å². The Morgan fingerprint density at radius 3 is 0.542 bits per heavy atom. The highest BCUT2D eigenvalue weighted by Crippen LogP contribution is 2.43. The number of hydrogen-bond acceptors (Lipinski definition) is 6. The maximum atomic E-state index is 4.98. The minimum absolute atomic E-state index is 0.633. The predicted octanol–water partition coefficient (Wildman–Crippen LogP) is 27.1. The maximum absolute atomic E-state index is 4.98. The third kappa shape index (κ3) is 12.3. The molecule has 0 aliphatic heterocycles. The standard InChI is InChI=1S/C57H37N5.C51H33N5/c1-4-14-38(15-5-1)39-24-30-45(31-25-39)61-51-22-12-10-20-47(51)49-34-28-43(36-53(49)61)44-29-35-50-48-21-11-13-23-52(48)62(54(50)37-44)46-32-26-42(27-33-46)57-59-55(40-16-6-2-7-17-40)58-56(60-57)41-18-8-3-9-19-41;1-4-14-34(15-5-1)49-52-50(35-16-6-2-7-17-35)54-51(53-49)36-24-28-40(29-25-36)56-46-23-13-11-21-42(46)44-31-27-38(33-48(44)56)37-26-30-43-41-20-10-12-22-45(41)55(47(43)32-37)39-18-8-3-9-19-39/h1-37H;1-33H. The molecule has 0 atom stereocenters. The summed E-state index contributed by atoms with van der Waals surface area (Å²) in [5.41, 5.74) is 26.5. The number of nitrogens with zero attached hydrogens (tertiary/aromatic N) is 10. The van der Waals surface area contributed by atoms with Crippen LogP contribution >= 0.6 is 0 Å². The topological polar surface area (TPSA) is 97.1 Å². The summed E-state index contributed by atoms with van der Waals surface area (Å²) in [7, 11) is 0. The molecule has 10 nitrogen and oxygen atoms in total. The van der Waals surface area contributed by atoms with Crippen molar-refractivity contribution in [3.8, 4) is 124 Å². The molecule has 0 aliphatic carbocycles. The molecule has 17 aromatic carbocycles. The zero-order chi connectivity index (χ0) is 78.0. The normalized spacial score (nSPS) is 11.6. The van der Waals surface area contributed by atoms with Gasteiger partial charge in [0.25, 0.3) is 0 Å². The molecule has 6 aromatic heterocycles. The summed E-state index contributed by atoms with van der Waals surface area (Å²) in [6.07, 6.45) is 0. The van der Waals surface area contributed by atoms with Crippen molar-refractivity contribution in [1.82, 2.24) is 48.2 Å². The van der Waals surface area contributed by atoms with Crippen molar-refractivity contribution in [3.05, 3.63) is 425 Å². The molecule has 0 aliphatic rings. The molecule has 23 rings (SSSR count). The van der Waals surface area contributed by atoms with Crippen LogP contribution in [-0.2, 0) is 0 Å². The summed E-state index contributed by atoms with van der Waals surface area (Å²) >= 11 is 0. The fraction of sp³-hybridized carbons (Fsp3) is 0. The maximum Gasteiger partial charge on any atom is 0.164 e. The van der Waals surface area contributed by atoms with E-state index in [2.05, 4.69) is 322 Å². The summed E-state index contributed by atoms with van der Waals surface area (Å²) in [4.78, 5) is 29.7. The lowest BCUT2D eigenvalue weighted by molar-refractivity contribution is 1.07. The van der Waals surface area contributed by atoms with E-state index in [1.54, 1.807) is 0 Å². The highest BCUT2D eigenvalue weighted by molar-refractivity contribution is 6.14. The minimum Gasteiger partial charge on any atom is -0.309 e. The Labute approximate surface area is 680 Å². The first-order valence-corrected chi connectivity index (χ1v) is 39.8. The molecule has 118 heavy (non-hydrogen) atoms. The van der Waals surface area contributed by atoms with E-state index in [0.29, 0.717) is 34.9 Å². The molecular formula is C108H70N10. The van der Waals surface area contributed by atoms with E-state index < -0.39 is 0 Å². The van der Waals surface area contributed by atoms with Crippen LogP contribution in [0.2, 0.25) is 0 Å². The lowest BCUT2D eigenvalue weighted by Crippen LogP contribution is -2.00. The Balaban J connectivity index is 0.000000143. The second-order valence-corrected chi connectivity index (χ2v) is 29.8. The van der Waals surface area contributed by atoms with Gasteiger partial charge in [-0.1, -0.05) is 303 Å². The van der Waals surface area contributed by atoms with Crippen molar-refractivity contribution < 1.29 is 0 Å². The van der Waals surface area contributed by atoms with Gasteiger partial charge in [-0.3, -0.25) is 0 Å². The van der Waals surface area contributed by atoms with E-state index in [4.69, 9.17) is 29.9 Å². The van der Waals surface area contributed by atoms with E-state index in [0.717, 1.165) is 94.9 Å². The molecule has 0 fully saturated rings. The van der Waals surface area contributed by atoms with Crippen LogP contribution in [0, 0.1) is 0 Å². The fourth-order valence-electron chi connectivity index (χ4n) is 17.1. The van der Waals surface area contributed by atoms with Gasteiger partial charge in [0.15, 0.2) is 34.9 Å². The molecule has 0 unspecified atom stereocenters. The number of aromatic nitrogens is 10.